The lowest BCUT2D eigenvalue weighted by atomic mass is 9.81. The molecule has 0 saturated heterocycles. The Kier molecular flexibility index (Phi) is 7.88. The minimum Gasteiger partial charge on any atom is -0.493 e. The number of aliphatic carboxylic acids is 1. The minimum absolute atomic E-state index is 0.207. The van der Waals surface area contributed by atoms with E-state index in [-0.39, 0.29) is 17.6 Å². The van der Waals surface area contributed by atoms with E-state index in [1.165, 1.54) is 0 Å². The van der Waals surface area contributed by atoms with Crippen LogP contribution in [0.25, 0.3) is 0 Å². The Morgan fingerprint density at radius 3 is 2.03 bits per heavy atom. The third-order valence-electron chi connectivity index (χ3n) is 6.69. The molecule has 0 aliphatic heterocycles. The van der Waals surface area contributed by atoms with E-state index < -0.39 is 5.97 Å². The number of ether oxygens (including phenoxy) is 2. The SMILES string of the molecule is CC(=O)C1CCC(COc2ccc(OCC3CCC(C(=O)O)CC3)c(C=O)c2)CC1. The van der Waals surface area contributed by atoms with Gasteiger partial charge in [0.2, 0.25) is 0 Å². The second-order valence-electron chi connectivity index (χ2n) is 8.82. The summed E-state index contributed by atoms with van der Waals surface area (Å²) < 4.78 is 11.8. The molecule has 30 heavy (non-hydrogen) atoms. The van der Waals surface area contributed by atoms with E-state index in [1.54, 1.807) is 19.1 Å². The first-order chi connectivity index (χ1) is 14.5. The Labute approximate surface area is 177 Å². The molecule has 0 unspecified atom stereocenters. The molecule has 2 fully saturated rings. The molecule has 0 radical (unpaired) electrons. The normalized spacial score (nSPS) is 26.6. The van der Waals surface area contributed by atoms with Gasteiger partial charge in [0, 0.05) is 5.92 Å². The number of Topliss-reactive ketones (excluding diaryl/α,β-unsaturated/α-hetero) is 1. The first-order valence-corrected chi connectivity index (χ1v) is 11.0. The van der Waals surface area contributed by atoms with Crippen LogP contribution in [-0.2, 0) is 9.59 Å². The zero-order valence-corrected chi connectivity index (χ0v) is 17.7. The molecule has 0 bridgehead atoms. The Hall–Kier alpha value is -2.37. The number of carbonyl (C=O) groups excluding carboxylic acids is 2. The number of carboxylic acids is 1. The number of benzene rings is 1. The van der Waals surface area contributed by atoms with Gasteiger partial charge in [-0.2, -0.15) is 0 Å². The maximum absolute atomic E-state index is 11.5. The van der Waals surface area contributed by atoms with Gasteiger partial charge in [-0.15, -0.1) is 0 Å². The molecular weight excluding hydrogens is 384 g/mol. The largest absolute Gasteiger partial charge is 0.493 e. The highest BCUT2D eigenvalue weighted by atomic mass is 16.5. The molecule has 1 aromatic rings. The molecule has 3 rings (SSSR count). The Bertz CT molecular complexity index is 742. The zero-order valence-electron chi connectivity index (χ0n) is 17.7. The number of hydrogen-bond acceptors (Lipinski definition) is 5. The van der Waals surface area contributed by atoms with Gasteiger partial charge in [0.25, 0.3) is 0 Å². The van der Waals surface area contributed by atoms with Crippen LogP contribution in [-0.4, -0.2) is 36.4 Å². The molecule has 6 heteroatoms. The van der Waals surface area contributed by atoms with Crippen molar-refractivity contribution in [2.45, 2.75) is 58.3 Å². The highest BCUT2D eigenvalue weighted by Gasteiger charge is 2.27. The summed E-state index contributed by atoms with van der Waals surface area (Å²) in [6.07, 6.45) is 7.68. The fourth-order valence-electron chi connectivity index (χ4n) is 4.57. The molecule has 2 aliphatic rings. The molecule has 0 heterocycles. The monoisotopic (exact) mass is 416 g/mol. The van der Waals surface area contributed by atoms with E-state index in [0.717, 1.165) is 44.8 Å². The summed E-state index contributed by atoms with van der Waals surface area (Å²) in [5, 5.41) is 9.09. The fourth-order valence-corrected chi connectivity index (χ4v) is 4.57. The van der Waals surface area contributed by atoms with Crippen molar-refractivity contribution in [2.24, 2.45) is 23.7 Å². The third-order valence-corrected chi connectivity index (χ3v) is 6.69. The maximum Gasteiger partial charge on any atom is 0.306 e. The van der Waals surface area contributed by atoms with Gasteiger partial charge in [0.15, 0.2) is 6.29 Å². The van der Waals surface area contributed by atoms with Crippen molar-refractivity contribution in [3.63, 3.8) is 0 Å². The predicted octanol–water partition coefficient (Wildman–Crippen LogP) is 4.54. The molecule has 0 atom stereocenters. The quantitative estimate of drug-likeness (QED) is 0.594. The number of hydrogen-bond donors (Lipinski definition) is 1. The van der Waals surface area contributed by atoms with Gasteiger partial charge in [-0.25, -0.2) is 0 Å². The van der Waals surface area contributed by atoms with Gasteiger partial charge in [-0.1, -0.05) is 0 Å². The summed E-state index contributed by atoms with van der Waals surface area (Å²) in [6.45, 7) is 2.76. The van der Waals surface area contributed by atoms with Crippen molar-refractivity contribution >= 4 is 18.0 Å². The number of aldehydes is 1. The second-order valence-corrected chi connectivity index (χ2v) is 8.82. The van der Waals surface area contributed by atoms with Gasteiger partial charge in [-0.05, 0) is 88.3 Å². The summed E-state index contributed by atoms with van der Waals surface area (Å²) in [4.78, 5) is 34.1. The van der Waals surface area contributed by atoms with E-state index in [1.807, 2.05) is 6.07 Å². The first-order valence-electron chi connectivity index (χ1n) is 11.0. The van der Waals surface area contributed by atoms with E-state index in [9.17, 15) is 14.4 Å². The van der Waals surface area contributed by atoms with Crippen LogP contribution < -0.4 is 9.47 Å². The van der Waals surface area contributed by atoms with Crippen LogP contribution in [0, 0.1) is 23.7 Å². The molecule has 164 valence electrons. The van der Waals surface area contributed by atoms with Gasteiger partial charge >= 0.3 is 5.97 Å². The van der Waals surface area contributed by atoms with Crippen LogP contribution in [0.15, 0.2) is 18.2 Å². The molecule has 0 aromatic heterocycles. The van der Waals surface area contributed by atoms with Crippen molar-refractivity contribution in [1.29, 1.82) is 0 Å². The topological polar surface area (TPSA) is 89.9 Å². The van der Waals surface area contributed by atoms with Gasteiger partial charge in [0.1, 0.15) is 17.3 Å². The molecule has 0 spiro atoms. The van der Waals surface area contributed by atoms with Crippen molar-refractivity contribution in [2.75, 3.05) is 13.2 Å². The maximum atomic E-state index is 11.5. The van der Waals surface area contributed by atoms with Crippen LogP contribution in [0.5, 0.6) is 11.5 Å². The lowest BCUT2D eigenvalue weighted by Crippen LogP contribution is -2.24. The number of ketones is 1. The molecule has 2 aliphatic carbocycles. The third kappa shape index (κ3) is 6.07. The first kappa shape index (κ1) is 22.3. The Morgan fingerprint density at radius 2 is 1.50 bits per heavy atom. The van der Waals surface area contributed by atoms with E-state index in [2.05, 4.69) is 0 Å². The zero-order chi connectivity index (χ0) is 21.5. The summed E-state index contributed by atoms with van der Waals surface area (Å²) in [5.41, 5.74) is 0.465. The van der Waals surface area contributed by atoms with Crippen LogP contribution >= 0.6 is 0 Å². The van der Waals surface area contributed by atoms with Gasteiger partial charge in [0.05, 0.1) is 24.7 Å². The fraction of sp³-hybridized carbons (Fsp3) is 0.625. The molecule has 2 saturated carbocycles. The lowest BCUT2D eigenvalue weighted by molar-refractivity contribution is -0.143. The molecule has 6 nitrogen and oxygen atoms in total. The smallest absolute Gasteiger partial charge is 0.306 e. The molecule has 0 amide bonds. The van der Waals surface area contributed by atoms with Crippen LogP contribution in [0.4, 0.5) is 0 Å². The average Bonchev–Trinajstić information content (AvgIpc) is 2.77. The lowest BCUT2D eigenvalue weighted by Gasteiger charge is -2.27. The van der Waals surface area contributed by atoms with Crippen molar-refractivity contribution in [3.05, 3.63) is 23.8 Å². The van der Waals surface area contributed by atoms with E-state index >= 15 is 0 Å². The average molecular weight is 417 g/mol. The van der Waals surface area contributed by atoms with Crippen molar-refractivity contribution < 1.29 is 29.0 Å². The van der Waals surface area contributed by atoms with E-state index in [4.69, 9.17) is 14.6 Å². The molecular formula is C24H32O6. The second kappa shape index (κ2) is 10.6. The van der Waals surface area contributed by atoms with Crippen molar-refractivity contribution in [3.8, 4) is 11.5 Å². The number of rotatable bonds is 9. The Morgan fingerprint density at radius 1 is 0.933 bits per heavy atom. The van der Waals surface area contributed by atoms with E-state index in [0.29, 0.717) is 55.0 Å². The minimum atomic E-state index is -0.708. The van der Waals surface area contributed by atoms with Gasteiger partial charge in [-0.3, -0.25) is 14.4 Å². The highest BCUT2D eigenvalue weighted by Crippen LogP contribution is 2.32. The number of carboxylic acid groups (broad SMARTS) is 1. The standard InChI is InChI=1S/C24H32O6/c1-16(26)19-6-2-17(3-7-19)14-29-22-10-11-23(21(12-22)13-25)30-15-18-4-8-20(9-5-18)24(27)28/h10-13,17-20H,2-9,14-15H2,1H3,(H,27,28). The summed E-state index contributed by atoms with van der Waals surface area (Å²) >= 11 is 0. The van der Waals surface area contributed by atoms with Crippen molar-refractivity contribution in [1.82, 2.24) is 0 Å². The Balaban J connectivity index is 1.46. The number of carbonyl (C=O) groups is 3. The summed E-state index contributed by atoms with van der Waals surface area (Å²) in [6, 6.07) is 5.31. The van der Waals surface area contributed by atoms with Crippen LogP contribution in [0.2, 0.25) is 0 Å². The van der Waals surface area contributed by atoms with Crippen LogP contribution in [0.3, 0.4) is 0 Å². The van der Waals surface area contributed by atoms with Crippen LogP contribution in [0.1, 0.15) is 68.6 Å². The molecule has 1 N–H and O–H groups in total. The highest BCUT2D eigenvalue weighted by molar-refractivity contribution is 5.80. The summed E-state index contributed by atoms with van der Waals surface area (Å²) in [7, 11) is 0. The summed E-state index contributed by atoms with van der Waals surface area (Å²) in [5.74, 6) is 1.51. The predicted molar refractivity (Wildman–Crippen MR) is 112 cm³/mol. The van der Waals surface area contributed by atoms with Gasteiger partial charge < -0.3 is 14.6 Å². The molecule has 1 aromatic carbocycles.